The van der Waals surface area contributed by atoms with Gasteiger partial charge in [-0.3, -0.25) is 14.5 Å². The van der Waals surface area contributed by atoms with Gasteiger partial charge in [0.2, 0.25) is 0 Å². The molecule has 0 radical (unpaired) electrons. The van der Waals surface area contributed by atoms with Gasteiger partial charge in [0.05, 0.1) is 24.4 Å². The fourth-order valence-electron chi connectivity index (χ4n) is 2.70. The lowest BCUT2D eigenvalue weighted by Gasteiger charge is -2.22. The molecule has 2 N–H and O–H groups in total. The van der Waals surface area contributed by atoms with Gasteiger partial charge in [-0.25, -0.2) is 0 Å². The maximum Gasteiger partial charge on any atom is 0.193 e. The molecule has 104 valence electrons. The van der Waals surface area contributed by atoms with Crippen LogP contribution >= 0.6 is 0 Å². The smallest absolute Gasteiger partial charge is 0.193 e. The Kier molecular flexibility index (Phi) is 3.56. The van der Waals surface area contributed by atoms with E-state index in [4.69, 9.17) is 5.73 Å². The summed E-state index contributed by atoms with van der Waals surface area (Å²) in [6.45, 7) is 1.05. The van der Waals surface area contributed by atoms with Crippen LogP contribution < -0.4 is 5.73 Å². The highest BCUT2D eigenvalue weighted by atomic mass is 16.1. The van der Waals surface area contributed by atoms with Gasteiger partial charge in [0.25, 0.3) is 0 Å². The molecule has 0 saturated heterocycles. The van der Waals surface area contributed by atoms with Crippen molar-refractivity contribution >= 4 is 5.78 Å². The number of ketones is 1. The number of carbonyl (C=O) groups excluding carboxylic acids is 1. The number of aryl methyl sites for hydroxylation is 1. The van der Waals surface area contributed by atoms with E-state index >= 15 is 0 Å². The van der Waals surface area contributed by atoms with Crippen LogP contribution in [0.15, 0.2) is 24.5 Å². The minimum atomic E-state index is -0.192. The van der Waals surface area contributed by atoms with Gasteiger partial charge in [0.1, 0.15) is 5.69 Å². The summed E-state index contributed by atoms with van der Waals surface area (Å²) in [6.07, 6.45) is 6.24. The van der Waals surface area contributed by atoms with Crippen molar-refractivity contribution < 1.29 is 4.79 Å². The quantitative estimate of drug-likeness (QED) is 0.836. The molecule has 0 spiro atoms. The van der Waals surface area contributed by atoms with Gasteiger partial charge in [-0.2, -0.15) is 0 Å². The normalized spacial score (nSPS) is 17.8. The summed E-state index contributed by atoms with van der Waals surface area (Å²) in [4.78, 5) is 17.0. The van der Waals surface area contributed by atoms with Crippen LogP contribution in [0, 0.1) is 0 Å². The Hall–Kier alpha value is -2.08. The van der Waals surface area contributed by atoms with Crippen molar-refractivity contribution in [3.63, 3.8) is 0 Å². The highest BCUT2D eigenvalue weighted by Crippen LogP contribution is 2.31. The zero-order chi connectivity index (χ0) is 13.9. The maximum atomic E-state index is 12.6. The minimum Gasteiger partial charge on any atom is -0.329 e. The van der Waals surface area contributed by atoms with E-state index in [2.05, 4.69) is 15.3 Å². The molecule has 1 unspecified atom stereocenters. The van der Waals surface area contributed by atoms with Crippen LogP contribution in [0.25, 0.3) is 0 Å². The van der Waals surface area contributed by atoms with E-state index in [0.717, 1.165) is 25.0 Å². The molecule has 0 amide bonds. The molecule has 6 nitrogen and oxygen atoms in total. The first-order valence-corrected chi connectivity index (χ1v) is 6.88. The number of hydrogen-bond acceptors (Lipinski definition) is 5. The van der Waals surface area contributed by atoms with E-state index in [-0.39, 0.29) is 11.7 Å². The molecular formula is C14H17N5O. The van der Waals surface area contributed by atoms with Crippen LogP contribution in [0.1, 0.15) is 40.5 Å². The number of aromatic nitrogens is 4. The van der Waals surface area contributed by atoms with E-state index in [1.807, 2.05) is 12.1 Å². The molecule has 1 aliphatic rings. The van der Waals surface area contributed by atoms with Gasteiger partial charge in [-0.05, 0) is 30.9 Å². The molecule has 0 bridgehead atoms. The van der Waals surface area contributed by atoms with Crippen molar-refractivity contribution in [2.45, 2.75) is 31.7 Å². The van der Waals surface area contributed by atoms with Crippen LogP contribution in [-0.2, 0) is 13.0 Å². The third kappa shape index (κ3) is 2.34. The Morgan fingerprint density at radius 1 is 1.50 bits per heavy atom. The first kappa shape index (κ1) is 12.9. The van der Waals surface area contributed by atoms with Crippen molar-refractivity contribution in [3.05, 3.63) is 41.5 Å². The molecule has 2 aromatic heterocycles. The Labute approximate surface area is 117 Å². The minimum absolute atomic E-state index is 0.00733. The topological polar surface area (TPSA) is 86.7 Å². The Morgan fingerprint density at radius 2 is 2.40 bits per heavy atom. The second kappa shape index (κ2) is 5.50. The summed E-state index contributed by atoms with van der Waals surface area (Å²) in [5.41, 5.74) is 7.95. The number of hydrogen-bond donors (Lipinski definition) is 1. The van der Waals surface area contributed by atoms with Crippen LogP contribution in [-0.4, -0.2) is 32.3 Å². The summed E-state index contributed by atoms with van der Waals surface area (Å²) < 4.78 is 1.61. The second-order valence-corrected chi connectivity index (χ2v) is 5.01. The molecular weight excluding hydrogens is 254 g/mol. The Morgan fingerprint density at radius 3 is 3.25 bits per heavy atom. The van der Waals surface area contributed by atoms with Crippen molar-refractivity contribution in [1.29, 1.82) is 0 Å². The summed E-state index contributed by atoms with van der Waals surface area (Å²) in [6, 6.07) is 3.97. The van der Waals surface area contributed by atoms with Gasteiger partial charge in [0.15, 0.2) is 5.78 Å². The summed E-state index contributed by atoms with van der Waals surface area (Å²) in [5, 5.41) is 7.89. The molecule has 1 aliphatic carbocycles. The lowest BCUT2D eigenvalue weighted by molar-refractivity contribution is 0.0944. The molecule has 1 atom stereocenters. The second-order valence-electron chi connectivity index (χ2n) is 5.01. The molecule has 0 fully saturated rings. The molecule has 0 aliphatic heterocycles. The van der Waals surface area contributed by atoms with Crippen LogP contribution in [0.2, 0.25) is 0 Å². The van der Waals surface area contributed by atoms with Crippen molar-refractivity contribution in [2.75, 3.05) is 6.54 Å². The first-order valence-electron chi connectivity index (χ1n) is 6.88. The third-order valence-corrected chi connectivity index (χ3v) is 3.66. The predicted molar refractivity (Wildman–Crippen MR) is 73.3 cm³/mol. The molecule has 0 saturated carbocycles. The lowest BCUT2D eigenvalue weighted by atomic mass is 9.83. The van der Waals surface area contributed by atoms with E-state index in [9.17, 15) is 4.79 Å². The number of nitrogens with zero attached hydrogens (tertiary/aromatic N) is 4. The lowest BCUT2D eigenvalue weighted by Crippen LogP contribution is -2.20. The van der Waals surface area contributed by atoms with Crippen LogP contribution in [0.5, 0.6) is 0 Å². The molecule has 20 heavy (non-hydrogen) atoms. The number of fused-ring (bicyclic) bond motifs is 1. The van der Waals surface area contributed by atoms with Gasteiger partial charge in [-0.1, -0.05) is 11.3 Å². The average molecular weight is 271 g/mol. The largest absolute Gasteiger partial charge is 0.329 e. The van der Waals surface area contributed by atoms with Gasteiger partial charge < -0.3 is 5.73 Å². The number of pyridine rings is 1. The Bertz CT molecular complexity index is 622. The summed E-state index contributed by atoms with van der Waals surface area (Å²) in [5.74, 6) is -0.184. The van der Waals surface area contributed by atoms with Crippen molar-refractivity contribution in [2.24, 2.45) is 5.73 Å². The third-order valence-electron chi connectivity index (χ3n) is 3.66. The zero-order valence-corrected chi connectivity index (χ0v) is 11.2. The molecule has 6 heteroatoms. The summed E-state index contributed by atoms with van der Waals surface area (Å²) in [7, 11) is 0. The standard InChI is InChI=1S/C14H17N5O/c15-6-8-19-9-12(17-18-19)14(20)11-5-1-3-10-4-2-7-16-13(10)11/h2,4,7,9,11H,1,3,5-6,8,15H2. The van der Waals surface area contributed by atoms with Crippen LogP contribution in [0.3, 0.4) is 0 Å². The van der Waals surface area contributed by atoms with Gasteiger partial charge >= 0.3 is 0 Å². The van der Waals surface area contributed by atoms with Crippen molar-refractivity contribution in [1.82, 2.24) is 20.0 Å². The molecule has 3 rings (SSSR count). The number of nitrogens with two attached hydrogens (primary N) is 1. The van der Waals surface area contributed by atoms with Gasteiger partial charge in [0, 0.05) is 12.7 Å². The van der Waals surface area contributed by atoms with E-state index in [1.165, 1.54) is 5.56 Å². The monoisotopic (exact) mass is 271 g/mol. The maximum absolute atomic E-state index is 12.6. The van der Waals surface area contributed by atoms with E-state index in [1.54, 1.807) is 17.1 Å². The number of carbonyl (C=O) groups is 1. The summed E-state index contributed by atoms with van der Waals surface area (Å²) >= 11 is 0. The van der Waals surface area contributed by atoms with Crippen molar-refractivity contribution in [3.8, 4) is 0 Å². The first-order chi connectivity index (χ1) is 9.79. The van der Waals surface area contributed by atoms with Crippen LogP contribution in [0.4, 0.5) is 0 Å². The SMILES string of the molecule is NCCn1cc(C(=O)C2CCCc3cccnc32)nn1. The zero-order valence-electron chi connectivity index (χ0n) is 11.2. The average Bonchev–Trinajstić information content (AvgIpc) is 2.95. The molecule has 2 heterocycles. The molecule has 0 aromatic carbocycles. The Balaban J connectivity index is 1.87. The van der Waals surface area contributed by atoms with E-state index < -0.39 is 0 Å². The van der Waals surface area contributed by atoms with Gasteiger partial charge in [-0.15, -0.1) is 5.10 Å². The number of rotatable bonds is 4. The highest BCUT2D eigenvalue weighted by molar-refractivity contribution is 5.99. The van der Waals surface area contributed by atoms with E-state index in [0.29, 0.717) is 18.8 Å². The fourth-order valence-corrected chi connectivity index (χ4v) is 2.70. The fraction of sp³-hybridized carbons (Fsp3) is 0.429. The predicted octanol–water partition coefficient (Wildman–Crippen LogP) is 0.935. The number of Topliss-reactive ketones (excluding diaryl/α,β-unsaturated/α-hetero) is 1. The molecule has 2 aromatic rings. The highest BCUT2D eigenvalue weighted by Gasteiger charge is 2.29.